The molecule has 0 bridgehead atoms. The van der Waals surface area contributed by atoms with E-state index in [1.54, 1.807) is 19.2 Å². The van der Waals surface area contributed by atoms with E-state index in [2.05, 4.69) is 34.5 Å². The molecule has 0 aliphatic carbocycles. The second-order valence-corrected chi connectivity index (χ2v) is 6.72. The van der Waals surface area contributed by atoms with Crippen LogP contribution in [0.2, 0.25) is 0 Å². The fourth-order valence-electron chi connectivity index (χ4n) is 2.71. The summed E-state index contributed by atoms with van der Waals surface area (Å²) < 4.78 is 5.08. The maximum atomic E-state index is 10.7. The number of non-ortho nitro benzene ring substituents is 1. The first kappa shape index (κ1) is 23.8. The third-order valence-corrected chi connectivity index (χ3v) is 4.31. The number of guanidine groups is 1. The van der Waals surface area contributed by atoms with Gasteiger partial charge in [-0.25, -0.2) is 0 Å². The highest BCUT2D eigenvalue weighted by atomic mass is 16.6. The molecule has 2 N–H and O–H groups in total. The van der Waals surface area contributed by atoms with E-state index >= 15 is 0 Å². The summed E-state index contributed by atoms with van der Waals surface area (Å²) in [5, 5.41) is 17.3. The second kappa shape index (κ2) is 14.8. The van der Waals surface area contributed by atoms with E-state index in [0.29, 0.717) is 0 Å². The van der Waals surface area contributed by atoms with Crippen LogP contribution in [0.1, 0.15) is 31.7 Å². The fourth-order valence-corrected chi connectivity index (χ4v) is 2.71. The molecule has 0 saturated carbocycles. The van der Waals surface area contributed by atoms with Gasteiger partial charge in [0.05, 0.1) is 4.92 Å². The van der Waals surface area contributed by atoms with Crippen LogP contribution in [0.5, 0.6) is 0 Å². The van der Waals surface area contributed by atoms with Crippen LogP contribution >= 0.6 is 0 Å². The number of ether oxygens (including phenoxy) is 1. The number of benzene rings is 1. The lowest BCUT2D eigenvalue weighted by Crippen LogP contribution is -2.41. The number of nitrogens with one attached hydrogen (secondary N) is 2. The summed E-state index contributed by atoms with van der Waals surface area (Å²) in [5.41, 5.74) is 1.26. The minimum absolute atomic E-state index is 0.138. The Balaban J connectivity index is 2.25. The van der Waals surface area contributed by atoms with Crippen LogP contribution in [-0.2, 0) is 11.2 Å². The third-order valence-electron chi connectivity index (χ3n) is 4.31. The van der Waals surface area contributed by atoms with Crippen molar-refractivity contribution in [1.82, 2.24) is 15.5 Å². The Morgan fingerprint density at radius 1 is 1.18 bits per heavy atom. The molecule has 8 nitrogen and oxygen atoms in total. The Hall–Kier alpha value is -2.19. The Morgan fingerprint density at radius 2 is 1.93 bits per heavy atom. The summed E-state index contributed by atoms with van der Waals surface area (Å²) >= 11 is 0. The Morgan fingerprint density at radius 3 is 2.57 bits per heavy atom. The number of nitrogens with zero attached hydrogens (tertiary/aromatic N) is 3. The molecule has 0 unspecified atom stereocenters. The van der Waals surface area contributed by atoms with Crippen LogP contribution in [0.15, 0.2) is 29.3 Å². The summed E-state index contributed by atoms with van der Waals surface area (Å²) in [6.07, 6.45) is 3.92. The molecule has 0 aliphatic rings. The zero-order chi connectivity index (χ0) is 20.6. The van der Waals surface area contributed by atoms with Crippen molar-refractivity contribution in [3.63, 3.8) is 0 Å². The van der Waals surface area contributed by atoms with Gasteiger partial charge in [-0.1, -0.05) is 12.1 Å². The number of aryl methyl sites for hydroxylation is 1. The molecule has 0 aliphatic heterocycles. The number of nitro benzene ring substituents is 1. The van der Waals surface area contributed by atoms with E-state index in [9.17, 15) is 10.1 Å². The summed E-state index contributed by atoms with van der Waals surface area (Å²) in [5.74, 6) is 0.850. The van der Waals surface area contributed by atoms with Crippen LogP contribution in [0.25, 0.3) is 0 Å². The van der Waals surface area contributed by atoms with E-state index in [4.69, 9.17) is 4.74 Å². The van der Waals surface area contributed by atoms with E-state index in [0.717, 1.165) is 76.5 Å². The molecule has 0 radical (unpaired) electrons. The predicted octanol–water partition coefficient (Wildman–Crippen LogP) is 2.44. The number of hydrogen-bond acceptors (Lipinski definition) is 5. The van der Waals surface area contributed by atoms with Gasteiger partial charge in [0.15, 0.2) is 5.96 Å². The SMILES string of the molecule is CCNC(=NCCCCc1ccc([N+](=O)[O-])cc1)NCCN(C)CCCOC. The van der Waals surface area contributed by atoms with Gasteiger partial charge in [0, 0.05) is 58.6 Å². The average Bonchev–Trinajstić information content (AvgIpc) is 2.68. The first-order valence-electron chi connectivity index (χ1n) is 9.99. The molecule has 0 spiro atoms. The number of nitro groups is 1. The zero-order valence-corrected chi connectivity index (χ0v) is 17.4. The minimum atomic E-state index is -0.370. The normalized spacial score (nSPS) is 11.6. The van der Waals surface area contributed by atoms with E-state index in [1.165, 1.54) is 0 Å². The van der Waals surface area contributed by atoms with E-state index < -0.39 is 0 Å². The van der Waals surface area contributed by atoms with Gasteiger partial charge in [0.2, 0.25) is 0 Å². The number of methoxy groups -OCH3 is 1. The quantitative estimate of drug-likeness (QED) is 0.166. The number of unbranched alkanes of at least 4 members (excludes halogenated alkanes) is 1. The second-order valence-electron chi connectivity index (χ2n) is 6.72. The van der Waals surface area contributed by atoms with Crippen molar-refractivity contribution in [1.29, 1.82) is 0 Å². The summed E-state index contributed by atoms with van der Waals surface area (Å²) in [6, 6.07) is 6.78. The minimum Gasteiger partial charge on any atom is -0.385 e. The lowest BCUT2D eigenvalue weighted by Gasteiger charge is -2.18. The van der Waals surface area contributed by atoms with Crippen LogP contribution < -0.4 is 10.6 Å². The van der Waals surface area contributed by atoms with Crippen molar-refractivity contribution in [2.75, 3.05) is 53.5 Å². The van der Waals surface area contributed by atoms with E-state index in [-0.39, 0.29) is 10.6 Å². The maximum Gasteiger partial charge on any atom is 0.269 e. The molecule has 0 amide bonds. The molecule has 0 fully saturated rings. The number of rotatable bonds is 14. The largest absolute Gasteiger partial charge is 0.385 e. The monoisotopic (exact) mass is 393 g/mol. The van der Waals surface area contributed by atoms with Gasteiger partial charge < -0.3 is 20.3 Å². The van der Waals surface area contributed by atoms with Gasteiger partial charge in [0.1, 0.15) is 0 Å². The smallest absolute Gasteiger partial charge is 0.269 e. The van der Waals surface area contributed by atoms with Crippen molar-refractivity contribution in [3.05, 3.63) is 39.9 Å². The number of likely N-dealkylation sites (N-methyl/N-ethyl adjacent to an activating group) is 1. The van der Waals surface area contributed by atoms with Crippen LogP contribution in [-0.4, -0.2) is 69.3 Å². The molecule has 8 heteroatoms. The van der Waals surface area contributed by atoms with Gasteiger partial charge in [-0.05, 0) is 45.2 Å². The van der Waals surface area contributed by atoms with Crippen molar-refractivity contribution in [2.45, 2.75) is 32.6 Å². The third kappa shape index (κ3) is 10.8. The van der Waals surface area contributed by atoms with Gasteiger partial charge in [-0.2, -0.15) is 0 Å². The van der Waals surface area contributed by atoms with Gasteiger partial charge in [0.25, 0.3) is 5.69 Å². The zero-order valence-electron chi connectivity index (χ0n) is 17.4. The van der Waals surface area contributed by atoms with Crippen LogP contribution in [0.4, 0.5) is 5.69 Å². The van der Waals surface area contributed by atoms with Gasteiger partial charge in [-0.15, -0.1) is 0 Å². The standard InChI is InChI=1S/C20H35N5O3/c1-4-21-20(23-14-16-24(2)15-7-17-28-3)22-13-6-5-8-18-9-11-19(12-10-18)25(26)27/h9-12H,4-8,13-17H2,1-3H3,(H2,21,22,23). The molecular formula is C20H35N5O3. The number of hydrogen-bond donors (Lipinski definition) is 2. The molecule has 1 rings (SSSR count). The van der Waals surface area contributed by atoms with Gasteiger partial charge >= 0.3 is 0 Å². The average molecular weight is 394 g/mol. The highest BCUT2D eigenvalue weighted by Gasteiger charge is 2.04. The van der Waals surface area contributed by atoms with Crippen molar-refractivity contribution < 1.29 is 9.66 Å². The first-order chi connectivity index (χ1) is 13.6. The van der Waals surface area contributed by atoms with Crippen LogP contribution in [0, 0.1) is 10.1 Å². The summed E-state index contributed by atoms with van der Waals surface area (Å²) in [6.45, 7) is 7.26. The summed E-state index contributed by atoms with van der Waals surface area (Å²) in [7, 11) is 3.84. The molecular weight excluding hydrogens is 358 g/mol. The molecule has 0 heterocycles. The Labute approximate surface area is 168 Å². The maximum absolute atomic E-state index is 10.7. The van der Waals surface area contributed by atoms with Crippen LogP contribution in [0.3, 0.4) is 0 Å². The Kier molecular flexibility index (Phi) is 12.6. The molecule has 1 aromatic carbocycles. The van der Waals surface area contributed by atoms with Crippen molar-refractivity contribution in [2.24, 2.45) is 4.99 Å². The molecule has 1 aromatic rings. The number of aliphatic imine (C=N–C) groups is 1. The molecule has 158 valence electrons. The highest BCUT2D eigenvalue weighted by molar-refractivity contribution is 5.79. The van der Waals surface area contributed by atoms with Gasteiger partial charge in [-0.3, -0.25) is 15.1 Å². The lowest BCUT2D eigenvalue weighted by molar-refractivity contribution is -0.384. The highest BCUT2D eigenvalue weighted by Crippen LogP contribution is 2.13. The van der Waals surface area contributed by atoms with E-state index in [1.807, 2.05) is 12.1 Å². The van der Waals surface area contributed by atoms with Crippen molar-refractivity contribution in [3.8, 4) is 0 Å². The molecule has 0 saturated heterocycles. The lowest BCUT2D eigenvalue weighted by atomic mass is 10.1. The molecule has 28 heavy (non-hydrogen) atoms. The topological polar surface area (TPSA) is 92.0 Å². The first-order valence-corrected chi connectivity index (χ1v) is 9.99. The Bertz CT molecular complexity index is 578. The molecule has 0 atom stereocenters. The summed E-state index contributed by atoms with van der Waals surface area (Å²) in [4.78, 5) is 17.2. The predicted molar refractivity (Wildman–Crippen MR) is 114 cm³/mol. The molecule has 0 aromatic heterocycles. The fraction of sp³-hybridized carbons (Fsp3) is 0.650. The van der Waals surface area contributed by atoms with Crippen molar-refractivity contribution >= 4 is 11.6 Å².